The van der Waals surface area contributed by atoms with Crippen molar-refractivity contribution in [2.45, 2.75) is 63.7 Å². The summed E-state index contributed by atoms with van der Waals surface area (Å²) in [6.45, 7) is 14.0. The molecule has 20 heavy (non-hydrogen) atoms. The fourth-order valence-electron chi connectivity index (χ4n) is 4.70. The molecule has 0 aliphatic carbocycles. The van der Waals surface area contributed by atoms with Crippen LogP contribution in [0, 0.1) is 0 Å². The molecule has 0 amide bonds. The zero-order chi connectivity index (χ0) is 14.3. The Morgan fingerprint density at radius 3 is 2.70 bits per heavy atom. The predicted molar refractivity (Wildman–Crippen MR) is 83.9 cm³/mol. The molecule has 0 spiro atoms. The Balaban J connectivity index is 1.75. The molecular formula is C16H32N4. The Bertz CT molecular complexity index is 345. The van der Waals surface area contributed by atoms with Gasteiger partial charge < -0.3 is 5.73 Å². The number of likely N-dealkylation sites (tertiary alicyclic amines) is 1. The van der Waals surface area contributed by atoms with Crippen LogP contribution in [-0.2, 0) is 0 Å². The fraction of sp³-hybridized carbons (Fsp3) is 1.00. The molecule has 3 heterocycles. The molecule has 4 heteroatoms. The van der Waals surface area contributed by atoms with E-state index in [-0.39, 0.29) is 5.54 Å². The molecule has 4 nitrogen and oxygen atoms in total. The van der Waals surface area contributed by atoms with Gasteiger partial charge in [0.1, 0.15) is 0 Å². The lowest BCUT2D eigenvalue weighted by molar-refractivity contribution is -0.0174. The Labute approximate surface area is 124 Å². The van der Waals surface area contributed by atoms with E-state index in [1.165, 1.54) is 45.4 Å². The average Bonchev–Trinajstić information content (AvgIpc) is 3.03. The number of piperazine rings is 1. The minimum Gasteiger partial charge on any atom is -0.329 e. The largest absolute Gasteiger partial charge is 0.329 e. The number of hydrogen-bond acceptors (Lipinski definition) is 4. The zero-order valence-corrected chi connectivity index (χ0v) is 13.5. The predicted octanol–water partition coefficient (Wildman–Crippen LogP) is 0.967. The van der Waals surface area contributed by atoms with E-state index in [1.807, 2.05) is 0 Å². The van der Waals surface area contributed by atoms with E-state index in [2.05, 4.69) is 35.5 Å². The molecule has 3 aliphatic heterocycles. The molecule has 3 aliphatic rings. The van der Waals surface area contributed by atoms with Gasteiger partial charge in [0.05, 0.1) is 0 Å². The first-order valence-electron chi connectivity index (χ1n) is 8.51. The van der Waals surface area contributed by atoms with Crippen LogP contribution in [0.15, 0.2) is 0 Å². The molecule has 0 radical (unpaired) electrons. The molecule has 3 fully saturated rings. The van der Waals surface area contributed by atoms with Crippen LogP contribution < -0.4 is 5.73 Å². The second-order valence-electron chi connectivity index (χ2n) is 7.54. The normalized spacial score (nSPS) is 40.6. The zero-order valence-electron chi connectivity index (χ0n) is 13.5. The van der Waals surface area contributed by atoms with Crippen molar-refractivity contribution in [2.75, 3.05) is 39.3 Å². The molecule has 0 saturated carbocycles. The summed E-state index contributed by atoms with van der Waals surface area (Å²) in [6.07, 6.45) is 4.02. The van der Waals surface area contributed by atoms with Gasteiger partial charge in [0.2, 0.25) is 0 Å². The lowest BCUT2D eigenvalue weighted by atomic mass is 9.91. The van der Waals surface area contributed by atoms with E-state index in [1.54, 1.807) is 0 Å². The van der Waals surface area contributed by atoms with Crippen molar-refractivity contribution in [1.82, 2.24) is 14.7 Å². The van der Waals surface area contributed by atoms with Gasteiger partial charge in [-0.2, -0.15) is 0 Å². The number of hydrogen-bond donors (Lipinski definition) is 1. The summed E-state index contributed by atoms with van der Waals surface area (Å²) < 4.78 is 0. The van der Waals surface area contributed by atoms with Gasteiger partial charge in [0.25, 0.3) is 0 Å². The SMILES string of the molecule is CC(C)N1CCC(CN)(N2CC3CCCN3CC2C)C1. The molecule has 0 aromatic heterocycles. The summed E-state index contributed by atoms with van der Waals surface area (Å²) in [6, 6.07) is 2.09. The molecule has 0 aromatic rings. The van der Waals surface area contributed by atoms with Crippen LogP contribution in [0.4, 0.5) is 0 Å². The highest BCUT2D eigenvalue weighted by Gasteiger charge is 2.47. The van der Waals surface area contributed by atoms with Gasteiger partial charge in [-0.3, -0.25) is 14.7 Å². The summed E-state index contributed by atoms with van der Waals surface area (Å²) in [5.41, 5.74) is 6.51. The topological polar surface area (TPSA) is 35.7 Å². The van der Waals surface area contributed by atoms with Crippen LogP contribution in [0.5, 0.6) is 0 Å². The Kier molecular flexibility index (Phi) is 4.10. The molecule has 3 atom stereocenters. The van der Waals surface area contributed by atoms with E-state index in [0.717, 1.165) is 19.1 Å². The molecule has 3 rings (SSSR count). The maximum atomic E-state index is 6.28. The minimum absolute atomic E-state index is 0.234. The van der Waals surface area contributed by atoms with E-state index >= 15 is 0 Å². The van der Waals surface area contributed by atoms with Crippen molar-refractivity contribution in [1.29, 1.82) is 0 Å². The van der Waals surface area contributed by atoms with E-state index in [0.29, 0.717) is 12.1 Å². The molecule has 3 unspecified atom stereocenters. The highest BCUT2D eigenvalue weighted by molar-refractivity contribution is 5.05. The van der Waals surface area contributed by atoms with Crippen LogP contribution >= 0.6 is 0 Å². The van der Waals surface area contributed by atoms with E-state index < -0.39 is 0 Å². The van der Waals surface area contributed by atoms with Gasteiger partial charge in [-0.1, -0.05) is 0 Å². The summed E-state index contributed by atoms with van der Waals surface area (Å²) >= 11 is 0. The quantitative estimate of drug-likeness (QED) is 0.835. The van der Waals surface area contributed by atoms with Crippen molar-refractivity contribution in [2.24, 2.45) is 5.73 Å². The standard InChI is InChI=1S/C16H32N4/c1-13(2)19-8-6-16(11-17,12-19)20-10-15-5-4-7-18(15)9-14(20)3/h13-15H,4-12,17H2,1-3H3. The maximum Gasteiger partial charge on any atom is 0.0474 e. The lowest BCUT2D eigenvalue weighted by Crippen LogP contribution is -2.66. The highest BCUT2D eigenvalue weighted by Crippen LogP contribution is 2.35. The number of fused-ring (bicyclic) bond motifs is 1. The molecule has 2 N–H and O–H groups in total. The third-order valence-corrected chi connectivity index (χ3v) is 6.02. The molecule has 3 saturated heterocycles. The minimum atomic E-state index is 0.234. The second-order valence-corrected chi connectivity index (χ2v) is 7.54. The second kappa shape index (κ2) is 5.56. The van der Waals surface area contributed by atoms with Crippen molar-refractivity contribution in [3.63, 3.8) is 0 Å². The maximum absolute atomic E-state index is 6.28. The first-order valence-corrected chi connectivity index (χ1v) is 8.51. The Morgan fingerprint density at radius 2 is 2.05 bits per heavy atom. The number of rotatable bonds is 3. The Hall–Kier alpha value is -0.160. The monoisotopic (exact) mass is 280 g/mol. The van der Waals surface area contributed by atoms with Crippen LogP contribution in [0.2, 0.25) is 0 Å². The van der Waals surface area contributed by atoms with Crippen molar-refractivity contribution in [3.05, 3.63) is 0 Å². The summed E-state index contributed by atoms with van der Waals surface area (Å²) in [5.74, 6) is 0. The fourth-order valence-corrected chi connectivity index (χ4v) is 4.70. The van der Waals surface area contributed by atoms with Crippen molar-refractivity contribution >= 4 is 0 Å². The highest BCUT2D eigenvalue weighted by atomic mass is 15.4. The van der Waals surface area contributed by atoms with Gasteiger partial charge in [0.15, 0.2) is 0 Å². The Morgan fingerprint density at radius 1 is 1.25 bits per heavy atom. The number of nitrogens with two attached hydrogens (primary N) is 1. The van der Waals surface area contributed by atoms with Crippen molar-refractivity contribution in [3.8, 4) is 0 Å². The van der Waals surface area contributed by atoms with Crippen LogP contribution in [0.3, 0.4) is 0 Å². The first kappa shape index (κ1) is 14.8. The van der Waals surface area contributed by atoms with Crippen molar-refractivity contribution < 1.29 is 0 Å². The third-order valence-electron chi connectivity index (χ3n) is 6.02. The molecule has 0 aromatic carbocycles. The van der Waals surface area contributed by atoms with Crippen LogP contribution in [0.25, 0.3) is 0 Å². The van der Waals surface area contributed by atoms with Gasteiger partial charge in [0, 0.05) is 56.4 Å². The smallest absolute Gasteiger partial charge is 0.0474 e. The molecule has 0 bridgehead atoms. The van der Waals surface area contributed by atoms with Crippen LogP contribution in [0.1, 0.15) is 40.0 Å². The summed E-state index contributed by atoms with van der Waals surface area (Å²) in [7, 11) is 0. The summed E-state index contributed by atoms with van der Waals surface area (Å²) in [5, 5.41) is 0. The first-order chi connectivity index (χ1) is 9.55. The van der Waals surface area contributed by atoms with Gasteiger partial charge in [-0.25, -0.2) is 0 Å². The van der Waals surface area contributed by atoms with E-state index in [9.17, 15) is 0 Å². The van der Waals surface area contributed by atoms with E-state index in [4.69, 9.17) is 5.73 Å². The third kappa shape index (κ3) is 2.41. The van der Waals surface area contributed by atoms with Gasteiger partial charge >= 0.3 is 0 Å². The average molecular weight is 280 g/mol. The molecular weight excluding hydrogens is 248 g/mol. The molecule has 116 valence electrons. The van der Waals surface area contributed by atoms with Crippen LogP contribution in [-0.4, -0.2) is 77.6 Å². The summed E-state index contributed by atoms with van der Waals surface area (Å²) in [4.78, 5) is 8.10. The van der Waals surface area contributed by atoms with Gasteiger partial charge in [-0.05, 0) is 46.6 Å². The van der Waals surface area contributed by atoms with Gasteiger partial charge in [-0.15, -0.1) is 0 Å². The number of nitrogens with zero attached hydrogens (tertiary/aromatic N) is 3. The lowest BCUT2D eigenvalue weighted by Gasteiger charge is -2.51.